The van der Waals surface area contributed by atoms with Crippen molar-refractivity contribution >= 4 is 32.6 Å². The summed E-state index contributed by atoms with van der Waals surface area (Å²) in [4.78, 5) is 16.9. The predicted octanol–water partition coefficient (Wildman–Crippen LogP) is 7.20. The lowest BCUT2D eigenvalue weighted by molar-refractivity contribution is 0.467. The highest BCUT2D eigenvalue weighted by Gasteiger charge is 2.23. The second kappa shape index (κ2) is 7.74. The zero-order valence-corrected chi connectivity index (χ0v) is 19.4. The van der Waals surface area contributed by atoms with Gasteiger partial charge in [-0.1, -0.05) is 66.7 Å². The molecular formula is C31H23NO3. The molecule has 0 fully saturated rings. The minimum atomic E-state index is -0.248. The molecule has 3 N–H and O–H groups in total. The van der Waals surface area contributed by atoms with Gasteiger partial charge in [0, 0.05) is 27.4 Å². The maximum atomic E-state index is 13.5. The first-order chi connectivity index (χ1) is 17.0. The van der Waals surface area contributed by atoms with Crippen LogP contribution in [0.1, 0.15) is 11.1 Å². The van der Waals surface area contributed by atoms with Gasteiger partial charge in [-0.3, -0.25) is 4.79 Å². The Hall–Kier alpha value is -4.57. The van der Waals surface area contributed by atoms with Crippen LogP contribution in [0.3, 0.4) is 0 Å². The van der Waals surface area contributed by atoms with Gasteiger partial charge in [-0.25, -0.2) is 0 Å². The van der Waals surface area contributed by atoms with E-state index in [1.54, 1.807) is 13.8 Å². The fourth-order valence-corrected chi connectivity index (χ4v) is 5.11. The number of H-pyrrole nitrogens is 1. The van der Waals surface area contributed by atoms with Gasteiger partial charge in [0.25, 0.3) is 0 Å². The Balaban J connectivity index is 1.80. The number of nitrogens with one attached hydrogen (secondary N) is 1. The first kappa shape index (κ1) is 21.0. The highest BCUT2D eigenvalue weighted by atomic mass is 16.3. The maximum Gasteiger partial charge on any atom is 0.195 e. The topological polar surface area (TPSA) is 73.3 Å². The molecule has 0 aliphatic rings. The molecule has 170 valence electrons. The molecule has 0 aliphatic carbocycles. The van der Waals surface area contributed by atoms with Gasteiger partial charge in [0.2, 0.25) is 0 Å². The summed E-state index contributed by atoms with van der Waals surface area (Å²) in [5.74, 6) is 0.0411. The molecule has 4 heteroatoms. The smallest absolute Gasteiger partial charge is 0.195 e. The number of phenolic OH excluding ortho intramolecular Hbond substituents is 2. The Bertz CT molecular complexity index is 1840. The third-order valence-corrected chi connectivity index (χ3v) is 6.94. The van der Waals surface area contributed by atoms with Gasteiger partial charge in [-0.05, 0) is 59.7 Å². The van der Waals surface area contributed by atoms with E-state index >= 15 is 0 Å². The Morgan fingerprint density at radius 3 is 2.00 bits per heavy atom. The molecular weight excluding hydrogens is 434 g/mol. The van der Waals surface area contributed by atoms with Gasteiger partial charge in [0.05, 0.1) is 10.9 Å². The quantitative estimate of drug-likeness (QED) is 0.190. The number of aromatic nitrogens is 1. The summed E-state index contributed by atoms with van der Waals surface area (Å²) in [7, 11) is 0. The van der Waals surface area contributed by atoms with E-state index in [0.717, 1.165) is 27.6 Å². The number of aromatic hydroxyl groups is 2. The molecule has 0 atom stereocenters. The van der Waals surface area contributed by atoms with Crippen molar-refractivity contribution < 1.29 is 10.2 Å². The normalized spacial score (nSPS) is 11.5. The minimum Gasteiger partial charge on any atom is -0.507 e. The Morgan fingerprint density at radius 1 is 0.657 bits per heavy atom. The van der Waals surface area contributed by atoms with Gasteiger partial charge < -0.3 is 15.2 Å². The first-order valence-corrected chi connectivity index (χ1v) is 11.5. The molecule has 4 nitrogen and oxygen atoms in total. The molecule has 0 saturated carbocycles. The summed E-state index contributed by atoms with van der Waals surface area (Å²) in [5, 5.41) is 24.9. The molecule has 0 radical (unpaired) electrons. The number of aromatic amines is 1. The van der Waals surface area contributed by atoms with Crippen LogP contribution in [0.4, 0.5) is 0 Å². The molecule has 5 aromatic carbocycles. The second-order valence-corrected chi connectivity index (χ2v) is 8.99. The monoisotopic (exact) mass is 457 g/mol. The molecule has 0 amide bonds. The van der Waals surface area contributed by atoms with Crippen molar-refractivity contribution in [2.45, 2.75) is 13.8 Å². The average Bonchev–Trinajstić information content (AvgIpc) is 2.90. The zero-order valence-electron chi connectivity index (χ0n) is 19.4. The lowest BCUT2D eigenvalue weighted by Crippen LogP contribution is -2.09. The van der Waals surface area contributed by atoms with Crippen molar-refractivity contribution in [3.05, 3.63) is 106 Å². The van der Waals surface area contributed by atoms with E-state index in [2.05, 4.69) is 23.2 Å². The molecule has 35 heavy (non-hydrogen) atoms. The van der Waals surface area contributed by atoms with Crippen LogP contribution in [-0.2, 0) is 0 Å². The number of fused-ring (bicyclic) bond motifs is 4. The van der Waals surface area contributed by atoms with Crippen LogP contribution in [0.5, 0.6) is 11.5 Å². The highest BCUT2D eigenvalue weighted by molar-refractivity contribution is 6.19. The van der Waals surface area contributed by atoms with E-state index in [-0.39, 0.29) is 16.9 Å². The highest BCUT2D eigenvalue weighted by Crippen LogP contribution is 2.45. The molecule has 0 unspecified atom stereocenters. The van der Waals surface area contributed by atoms with Crippen molar-refractivity contribution in [1.82, 2.24) is 4.98 Å². The van der Waals surface area contributed by atoms with Gasteiger partial charge >= 0.3 is 0 Å². The predicted molar refractivity (Wildman–Crippen MR) is 143 cm³/mol. The molecule has 6 aromatic rings. The van der Waals surface area contributed by atoms with Gasteiger partial charge in [0.1, 0.15) is 11.5 Å². The van der Waals surface area contributed by atoms with E-state index in [9.17, 15) is 15.0 Å². The zero-order chi connectivity index (χ0) is 24.3. The van der Waals surface area contributed by atoms with Crippen LogP contribution in [0.25, 0.3) is 54.8 Å². The van der Waals surface area contributed by atoms with Crippen molar-refractivity contribution in [2.75, 3.05) is 0 Å². The third kappa shape index (κ3) is 3.11. The van der Waals surface area contributed by atoms with Gasteiger partial charge in [-0.15, -0.1) is 0 Å². The van der Waals surface area contributed by atoms with E-state index in [0.29, 0.717) is 38.4 Å². The van der Waals surface area contributed by atoms with Crippen LogP contribution in [-0.4, -0.2) is 15.2 Å². The maximum absolute atomic E-state index is 13.5. The molecule has 0 aliphatic heterocycles. The number of aryl methyl sites for hydroxylation is 1. The van der Waals surface area contributed by atoms with E-state index < -0.39 is 0 Å². The lowest BCUT2D eigenvalue weighted by atomic mass is 9.89. The number of hydrogen-bond donors (Lipinski definition) is 3. The summed E-state index contributed by atoms with van der Waals surface area (Å²) in [6.07, 6.45) is 0. The number of rotatable bonds is 2. The van der Waals surface area contributed by atoms with Crippen molar-refractivity contribution in [1.29, 1.82) is 0 Å². The number of benzene rings is 5. The SMILES string of the molecule is Cc1c(O)c(C)c2c(-c3ccccc3)c(O)c3cc4cc(-c5ccccc5)ccc4[nH]c3c2c1=O. The molecule has 0 bridgehead atoms. The third-order valence-electron chi connectivity index (χ3n) is 6.94. The van der Waals surface area contributed by atoms with Gasteiger partial charge in [-0.2, -0.15) is 0 Å². The average molecular weight is 458 g/mol. The molecule has 0 spiro atoms. The fourth-order valence-electron chi connectivity index (χ4n) is 5.11. The van der Waals surface area contributed by atoms with Gasteiger partial charge in [0.15, 0.2) is 5.43 Å². The lowest BCUT2D eigenvalue weighted by Gasteiger charge is -2.18. The van der Waals surface area contributed by atoms with E-state index in [4.69, 9.17) is 0 Å². The first-order valence-electron chi connectivity index (χ1n) is 11.5. The second-order valence-electron chi connectivity index (χ2n) is 8.99. The van der Waals surface area contributed by atoms with Crippen molar-refractivity contribution in [2.24, 2.45) is 0 Å². The molecule has 6 rings (SSSR count). The standard InChI is InChI=1S/C31H23NO3/c1-17-25-26(20-11-7-4-8-12-20)31(35)23-16-22-15-21(19-9-5-3-6-10-19)13-14-24(22)32-28(23)27(25)30(34)18(2)29(17)33/h3-16,32-33,35H,1-2H3. The molecule has 1 heterocycles. The van der Waals surface area contributed by atoms with Crippen LogP contribution < -0.4 is 5.43 Å². The van der Waals surface area contributed by atoms with E-state index in [1.165, 1.54) is 0 Å². The summed E-state index contributed by atoms with van der Waals surface area (Å²) < 4.78 is 0. The Labute approximate surface area is 201 Å². The largest absolute Gasteiger partial charge is 0.507 e. The van der Waals surface area contributed by atoms with Crippen LogP contribution in [0, 0.1) is 13.8 Å². The molecule has 1 aromatic heterocycles. The molecule has 0 saturated heterocycles. The summed E-state index contributed by atoms with van der Waals surface area (Å²) in [5.41, 5.74) is 5.53. The van der Waals surface area contributed by atoms with Crippen LogP contribution in [0.15, 0.2) is 89.7 Å². The minimum absolute atomic E-state index is 0.0354. The number of hydrogen-bond acceptors (Lipinski definition) is 3. The fraction of sp³-hybridized carbons (Fsp3) is 0.0645. The number of phenols is 2. The van der Waals surface area contributed by atoms with Crippen molar-refractivity contribution in [3.63, 3.8) is 0 Å². The summed E-state index contributed by atoms with van der Waals surface area (Å²) >= 11 is 0. The summed E-state index contributed by atoms with van der Waals surface area (Å²) in [6.45, 7) is 3.42. The van der Waals surface area contributed by atoms with E-state index in [1.807, 2.05) is 66.7 Å². The Morgan fingerprint density at radius 2 is 1.31 bits per heavy atom. The van der Waals surface area contributed by atoms with Crippen molar-refractivity contribution in [3.8, 4) is 33.8 Å². The Kier molecular flexibility index (Phi) is 4.64. The van der Waals surface area contributed by atoms with Crippen LogP contribution in [0.2, 0.25) is 0 Å². The van der Waals surface area contributed by atoms with Crippen LogP contribution >= 0.6 is 0 Å². The summed E-state index contributed by atoms with van der Waals surface area (Å²) in [6, 6.07) is 27.7. The number of pyridine rings is 1.